The lowest BCUT2D eigenvalue weighted by Crippen LogP contribution is -2.33. The van der Waals surface area contributed by atoms with Gasteiger partial charge in [0.15, 0.2) is 5.16 Å². The molecular formula is C11H19N3S. The van der Waals surface area contributed by atoms with Gasteiger partial charge < -0.3 is 10.7 Å². The van der Waals surface area contributed by atoms with E-state index in [-0.39, 0.29) is 0 Å². The molecule has 1 aromatic heterocycles. The first-order chi connectivity index (χ1) is 7.36. The molecule has 2 atom stereocenters. The van der Waals surface area contributed by atoms with E-state index in [1.165, 1.54) is 38.5 Å². The Morgan fingerprint density at radius 2 is 2.07 bits per heavy atom. The van der Waals surface area contributed by atoms with Gasteiger partial charge in [0.25, 0.3) is 0 Å². The lowest BCUT2D eigenvalue weighted by molar-refractivity contribution is 0.463. The molecule has 0 amide bonds. The van der Waals surface area contributed by atoms with Gasteiger partial charge in [-0.3, -0.25) is 0 Å². The van der Waals surface area contributed by atoms with Crippen LogP contribution in [0.5, 0.6) is 0 Å². The van der Waals surface area contributed by atoms with Crippen molar-refractivity contribution in [2.45, 2.75) is 55.0 Å². The van der Waals surface area contributed by atoms with E-state index in [9.17, 15) is 0 Å². The van der Waals surface area contributed by atoms with E-state index in [0.717, 1.165) is 5.16 Å². The summed E-state index contributed by atoms with van der Waals surface area (Å²) in [4.78, 5) is 7.39. The van der Waals surface area contributed by atoms with E-state index < -0.39 is 0 Å². The Balaban J connectivity index is 1.92. The number of thioether (sulfide) groups is 1. The van der Waals surface area contributed by atoms with Crippen molar-refractivity contribution in [1.29, 1.82) is 0 Å². The quantitative estimate of drug-likeness (QED) is 0.813. The Hall–Kier alpha value is -0.480. The van der Waals surface area contributed by atoms with Crippen LogP contribution in [0.2, 0.25) is 0 Å². The third kappa shape index (κ3) is 3.24. The topological polar surface area (TPSA) is 54.7 Å². The number of nitrogens with zero attached hydrogens (tertiary/aromatic N) is 1. The summed E-state index contributed by atoms with van der Waals surface area (Å²) in [5, 5.41) is 1.55. The van der Waals surface area contributed by atoms with Crippen LogP contribution < -0.4 is 5.73 Å². The predicted octanol–water partition coefficient (Wildman–Crippen LogP) is 2.55. The van der Waals surface area contributed by atoms with E-state index >= 15 is 0 Å². The minimum Gasteiger partial charge on any atom is -0.340 e. The molecule has 15 heavy (non-hydrogen) atoms. The molecular weight excluding hydrogens is 206 g/mol. The molecule has 2 unspecified atom stereocenters. The highest BCUT2D eigenvalue weighted by molar-refractivity contribution is 7.99. The lowest BCUT2D eigenvalue weighted by atomic mass is 9.97. The zero-order valence-electron chi connectivity index (χ0n) is 8.98. The van der Waals surface area contributed by atoms with Crippen LogP contribution in [0.25, 0.3) is 0 Å². The molecule has 3 N–H and O–H groups in total. The second kappa shape index (κ2) is 5.56. The largest absolute Gasteiger partial charge is 0.340 e. The number of H-pyrrole nitrogens is 1. The average molecular weight is 225 g/mol. The summed E-state index contributed by atoms with van der Waals surface area (Å²) in [7, 11) is 0. The summed E-state index contributed by atoms with van der Waals surface area (Å²) in [5.41, 5.74) is 6.20. The fraction of sp³-hybridized carbons (Fsp3) is 0.727. The van der Waals surface area contributed by atoms with Gasteiger partial charge in [-0.25, -0.2) is 4.98 Å². The maximum atomic E-state index is 6.20. The van der Waals surface area contributed by atoms with Crippen molar-refractivity contribution >= 4 is 11.8 Å². The summed E-state index contributed by atoms with van der Waals surface area (Å²) < 4.78 is 0. The van der Waals surface area contributed by atoms with Crippen LogP contribution in [-0.2, 0) is 0 Å². The molecule has 0 bridgehead atoms. The van der Waals surface area contributed by atoms with E-state index in [4.69, 9.17) is 5.73 Å². The van der Waals surface area contributed by atoms with Gasteiger partial charge in [-0.15, -0.1) is 0 Å². The maximum absolute atomic E-state index is 6.20. The zero-order chi connectivity index (χ0) is 10.5. The van der Waals surface area contributed by atoms with Crippen LogP contribution in [0.15, 0.2) is 17.6 Å². The third-order valence-electron chi connectivity index (χ3n) is 2.99. The van der Waals surface area contributed by atoms with Crippen LogP contribution in [0.4, 0.5) is 0 Å². The number of imidazole rings is 1. The lowest BCUT2D eigenvalue weighted by Gasteiger charge is -2.24. The predicted molar refractivity (Wildman–Crippen MR) is 63.9 cm³/mol. The normalized spacial score (nSPS) is 28.3. The second-order valence-corrected chi connectivity index (χ2v) is 5.43. The minimum absolute atomic E-state index is 0.334. The number of rotatable bonds is 2. The molecule has 0 radical (unpaired) electrons. The van der Waals surface area contributed by atoms with Crippen molar-refractivity contribution in [3.63, 3.8) is 0 Å². The highest BCUT2D eigenvalue weighted by Gasteiger charge is 2.21. The van der Waals surface area contributed by atoms with Crippen molar-refractivity contribution in [2.75, 3.05) is 0 Å². The molecule has 0 spiro atoms. The second-order valence-electron chi connectivity index (χ2n) is 4.21. The molecule has 1 aromatic rings. The first-order valence-electron chi connectivity index (χ1n) is 5.78. The van der Waals surface area contributed by atoms with Gasteiger partial charge in [-0.2, -0.15) is 0 Å². The molecule has 0 saturated heterocycles. The number of hydrogen-bond donors (Lipinski definition) is 2. The third-order valence-corrected chi connectivity index (χ3v) is 4.32. The average Bonchev–Trinajstić information content (AvgIpc) is 2.70. The molecule has 1 aliphatic carbocycles. The van der Waals surface area contributed by atoms with Gasteiger partial charge in [-0.1, -0.05) is 37.4 Å². The van der Waals surface area contributed by atoms with Crippen molar-refractivity contribution in [3.8, 4) is 0 Å². The van der Waals surface area contributed by atoms with Crippen LogP contribution in [0.3, 0.4) is 0 Å². The molecule has 2 rings (SSSR count). The van der Waals surface area contributed by atoms with Crippen molar-refractivity contribution in [3.05, 3.63) is 12.4 Å². The molecule has 0 aliphatic heterocycles. The van der Waals surface area contributed by atoms with Gasteiger partial charge >= 0.3 is 0 Å². The van der Waals surface area contributed by atoms with Gasteiger partial charge in [0.2, 0.25) is 0 Å². The first-order valence-corrected chi connectivity index (χ1v) is 6.66. The number of nitrogens with one attached hydrogen (secondary N) is 1. The SMILES string of the molecule is NC1CCCCCCC1Sc1ncc[nH]1. The van der Waals surface area contributed by atoms with Crippen molar-refractivity contribution < 1.29 is 0 Å². The summed E-state index contributed by atoms with van der Waals surface area (Å²) in [5.74, 6) is 0. The Bertz CT molecular complexity index is 273. The minimum atomic E-state index is 0.334. The number of aromatic amines is 1. The molecule has 84 valence electrons. The molecule has 1 saturated carbocycles. The summed E-state index contributed by atoms with van der Waals surface area (Å²) >= 11 is 1.81. The monoisotopic (exact) mass is 225 g/mol. The maximum Gasteiger partial charge on any atom is 0.165 e. The Morgan fingerprint density at radius 3 is 2.80 bits per heavy atom. The standard InChI is InChI=1S/C11H19N3S/c12-9-5-3-1-2-4-6-10(9)15-11-13-7-8-14-11/h7-10H,1-6,12H2,(H,13,14). The van der Waals surface area contributed by atoms with Gasteiger partial charge in [0, 0.05) is 23.7 Å². The molecule has 4 heteroatoms. The Morgan fingerprint density at radius 1 is 1.27 bits per heavy atom. The molecule has 1 aliphatic rings. The van der Waals surface area contributed by atoms with Crippen LogP contribution in [0, 0.1) is 0 Å². The molecule has 0 aromatic carbocycles. The smallest absolute Gasteiger partial charge is 0.165 e. The summed E-state index contributed by atoms with van der Waals surface area (Å²) in [6.45, 7) is 0. The van der Waals surface area contributed by atoms with Crippen LogP contribution in [0.1, 0.15) is 38.5 Å². The molecule has 1 heterocycles. The van der Waals surface area contributed by atoms with E-state index in [0.29, 0.717) is 11.3 Å². The highest BCUT2D eigenvalue weighted by atomic mass is 32.2. The Kier molecular flexibility index (Phi) is 4.09. The highest BCUT2D eigenvalue weighted by Crippen LogP contribution is 2.29. The van der Waals surface area contributed by atoms with E-state index in [1.807, 2.05) is 18.0 Å². The number of nitrogens with two attached hydrogens (primary N) is 1. The Labute approximate surface area is 95.2 Å². The number of aromatic nitrogens is 2. The zero-order valence-corrected chi connectivity index (χ0v) is 9.80. The van der Waals surface area contributed by atoms with Crippen LogP contribution >= 0.6 is 11.8 Å². The molecule has 1 fully saturated rings. The first kappa shape index (κ1) is 11.0. The summed E-state index contributed by atoms with van der Waals surface area (Å²) in [6, 6.07) is 0.334. The van der Waals surface area contributed by atoms with Gasteiger partial charge in [0.05, 0.1) is 0 Å². The molecule has 3 nitrogen and oxygen atoms in total. The van der Waals surface area contributed by atoms with Crippen LogP contribution in [-0.4, -0.2) is 21.3 Å². The fourth-order valence-corrected chi connectivity index (χ4v) is 3.22. The number of hydrogen-bond acceptors (Lipinski definition) is 3. The van der Waals surface area contributed by atoms with E-state index in [2.05, 4.69) is 9.97 Å². The van der Waals surface area contributed by atoms with Crippen molar-refractivity contribution in [1.82, 2.24) is 9.97 Å². The summed E-state index contributed by atoms with van der Waals surface area (Å²) in [6.07, 6.45) is 11.4. The van der Waals surface area contributed by atoms with E-state index in [1.54, 1.807) is 6.20 Å². The van der Waals surface area contributed by atoms with Gasteiger partial charge in [0.1, 0.15) is 0 Å². The van der Waals surface area contributed by atoms with Crippen molar-refractivity contribution in [2.24, 2.45) is 5.73 Å². The fourth-order valence-electron chi connectivity index (χ4n) is 2.08. The van der Waals surface area contributed by atoms with Gasteiger partial charge in [-0.05, 0) is 12.8 Å².